The fourth-order valence-corrected chi connectivity index (χ4v) is 1.67. The lowest BCUT2D eigenvalue weighted by atomic mass is 10.1. The quantitative estimate of drug-likeness (QED) is 0.811. The van der Waals surface area contributed by atoms with Crippen LogP contribution < -0.4 is 11.1 Å². The van der Waals surface area contributed by atoms with Gasteiger partial charge in [-0.3, -0.25) is 4.79 Å². The highest BCUT2D eigenvalue weighted by atomic mass is 19.1. The summed E-state index contributed by atoms with van der Waals surface area (Å²) in [6, 6.07) is 6.03. The van der Waals surface area contributed by atoms with Crippen LogP contribution in [-0.2, 0) is 4.79 Å². The number of hydrogen-bond donors (Lipinski definition) is 2. The van der Waals surface area contributed by atoms with Gasteiger partial charge in [0, 0.05) is 6.04 Å². The summed E-state index contributed by atoms with van der Waals surface area (Å²) in [6.45, 7) is 1.87. The predicted octanol–water partition coefficient (Wildman–Crippen LogP) is 1.35. The molecule has 0 heterocycles. The molecule has 3 unspecified atom stereocenters. The maximum atomic E-state index is 12.7. The topological polar surface area (TPSA) is 55.1 Å². The number of carbonyl (C=O) groups excluding carboxylic acids is 1. The molecule has 3 atom stereocenters. The van der Waals surface area contributed by atoms with Crippen LogP contribution in [0, 0.1) is 11.7 Å². The van der Waals surface area contributed by atoms with Gasteiger partial charge in [-0.1, -0.05) is 12.1 Å². The Morgan fingerprint density at radius 1 is 1.50 bits per heavy atom. The third kappa shape index (κ3) is 2.39. The van der Waals surface area contributed by atoms with Crippen LogP contribution in [0.3, 0.4) is 0 Å². The molecule has 0 bridgehead atoms. The van der Waals surface area contributed by atoms with Crippen molar-refractivity contribution >= 4 is 5.91 Å². The van der Waals surface area contributed by atoms with E-state index in [4.69, 9.17) is 5.73 Å². The summed E-state index contributed by atoms with van der Waals surface area (Å²) in [5.74, 6) is -0.321. The van der Waals surface area contributed by atoms with Gasteiger partial charge in [0.2, 0.25) is 5.91 Å². The van der Waals surface area contributed by atoms with Gasteiger partial charge in [0.25, 0.3) is 0 Å². The van der Waals surface area contributed by atoms with Gasteiger partial charge in [-0.2, -0.15) is 0 Å². The Bertz CT molecular complexity index is 391. The largest absolute Gasteiger partial charge is 0.349 e. The number of hydrogen-bond acceptors (Lipinski definition) is 2. The third-order valence-electron chi connectivity index (χ3n) is 2.91. The third-order valence-corrected chi connectivity index (χ3v) is 2.91. The first-order chi connectivity index (χ1) is 7.58. The Labute approximate surface area is 93.8 Å². The smallest absolute Gasteiger partial charge is 0.225 e. The van der Waals surface area contributed by atoms with E-state index < -0.39 is 0 Å². The molecule has 16 heavy (non-hydrogen) atoms. The summed E-state index contributed by atoms with van der Waals surface area (Å²) in [7, 11) is 0. The van der Waals surface area contributed by atoms with Crippen molar-refractivity contribution in [2.75, 3.05) is 0 Å². The summed E-state index contributed by atoms with van der Waals surface area (Å²) >= 11 is 0. The van der Waals surface area contributed by atoms with Gasteiger partial charge in [0.05, 0.1) is 12.0 Å². The number of rotatable bonds is 3. The van der Waals surface area contributed by atoms with Gasteiger partial charge in [-0.25, -0.2) is 4.39 Å². The average Bonchev–Trinajstić information content (AvgIpc) is 2.96. The van der Waals surface area contributed by atoms with E-state index in [0.717, 1.165) is 12.0 Å². The Morgan fingerprint density at radius 3 is 2.56 bits per heavy atom. The highest BCUT2D eigenvalue weighted by molar-refractivity contribution is 5.82. The van der Waals surface area contributed by atoms with Crippen molar-refractivity contribution in [1.82, 2.24) is 5.32 Å². The number of benzene rings is 1. The van der Waals surface area contributed by atoms with E-state index in [2.05, 4.69) is 5.32 Å². The van der Waals surface area contributed by atoms with Gasteiger partial charge in [0.1, 0.15) is 5.82 Å². The summed E-state index contributed by atoms with van der Waals surface area (Å²) in [6.07, 6.45) is 0.766. The molecule has 0 spiro atoms. The first kappa shape index (κ1) is 11.1. The maximum absolute atomic E-state index is 12.7. The summed E-state index contributed by atoms with van der Waals surface area (Å²) in [5, 5.41) is 2.87. The molecule has 0 aromatic heterocycles. The second-order valence-corrected chi connectivity index (χ2v) is 4.29. The number of nitrogens with two attached hydrogens (primary N) is 1. The zero-order valence-electron chi connectivity index (χ0n) is 9.11. The molecule has 0 radical (unpaired) electrons. The Hall–Kier alpha value is -1.42. The van der Waals surface area contributed by atoms with Crippen molar-refractivity contribution < 1.29 is 9.18 Å². The lowest BCUT2D eigenvalue weighted by molar-refractivity contribution is -0.123. The van der Waals surface area contributed by atoms with Crippen LogP contribution in [0.15, 0.2) is 24.3 Å². The molecule has 1 aliphatic carbocycles. The summed E-state index contributed by atoms with van der Waals surface area (Å²) in [4.78, 5) is 11.6. The molecule has 0 saturated heterocycles. The zero-order valence-corrected chi connectivity index (χ0v) is 9.11. The van der Waals surface area contributed by atoms with Crippen LogP contribution in [0.25, 0.3) is 0 Å². The second kappa shape index (κ2) is 4.22. The van der Waals surface area contributed by atoms with Crippen LogP contribution in [-0.4, -0.2) is 11.9 Å². The second-order valence-electron chi connectivity index (χ2n) is 4.29. The lowest BCUT2D eigenvalue weighted by Gasteiger charge is -2.14. The Morgan fingerprint density at radius 2 is 2.06 bits per heavy atom. The van der Waals surface area contributed by atoms with E-state index in [0.29, 0.717) is 0 Å². The van der Waals surface area contributed by atoms with Crippen molar-refractivity contribution in [2.24, 2.45) is 11.7 Å². The number of amides is 1. The molecule has 1 saturated carbocycles. The minimum Gasteiger partial charge on any atom is -0.349 e. The Kier molecular flexibility index (Phi) is 2.92. The fraction of sp³-hybridized carbons (Fsp3) is 0.417. The van der Waals surface area contributed by atoms with Crippen LogP contribution in [0.4, 0.5) is 4.39 Å². The van der Waals surface area contributed by atoms with Crippen molar-refractivity contribution in [3.05, 3.63) is 35.6 Å². The average molecular weight is 222 g/mol. The van der Waals surface area contributed by atoms with Crippen molar-refractivity contribution in [2.45, 2.75) is 25.4 Å². The monoisotopic (exact) mass is 222 g/mol. The standard InChI is InChI=1S/C12H15FN2O/c1-7(8-2-4-9(13)5-3-8)15-12(16)10-6-11(10)14/h2-5,7,10-11H,6,14H2,1H3,(H,15,16). The van der Waals surface area contributed by atoms with E-state index >= 15 is 0 Å². The molecule has 4 heteroatoms. The van der Waals surface area contributed by atoms with Crippen LogP contribution in [0.1, 0.15) is 24.9 Å². The molecule has 1 aromatic carbocycles. The molecular formula is C12H15FN2O. The normalized spacial score (nSPS) is 24.9. The van der Waals surface area contributed by atoms with E-state index in [9.17, 15) is 9.18 Å². The first-order valence-corrected chi connectivity index (χ1v) is 5.39. The number of carbonyl (C=O) groups is 1. The summed E-state index contributed by atoms with van der Waals surface area (Å²) in [5.41, 5.74) is 6.48. The molecule has 2 rings (SSSR count). The van der Waals surface area contributed by atoms with E-state index in [1.54, 1.807) is 12.1 Å². The van der Waals surface area contributed by atoms with Gasteiger partial charge in [0.15, 0.2) is 0 Å². The highest BCUT2D eigenvalue weighted by Crippen LogP contribution is 2.28. The molecular weight excluding hydrogens is 207 g/mol. The maximum Gasteiger partial charge on any atom is 0.225 e. The van der Waals surface area contributed by atoms with Crippen LogP contribution >= 0.6 is 0 Å². The van der Waals surface area contributed by atoms with Gasteiger partial charge < -0.3 is 11.1 Å². The minimum absolute atomic E-state index is 0.00988. The van der Waals surface area contributed by atoms with E-state index in [1.807, 2.05) is 6.92 Å². The lowest BCUT2D eigenvalue weighted by Crippen LogP contribution is -2.29. The predicted molar refractivity (Wildman–Crippen MR) is 59.0 cm³/mol. The highest BCUT2D eigenvalue weighted by Gasteiger charge is 2.40. The summed E-state index contributed by atoms with van der Waals surface area (Å²) < 4.78 is 12.7. The molecule has 0 aliphatic heterocycles. The van der Waals surface area contributed by atoms with Crippen LogP contribution in [0.5, 0.6) is 0 Å². The minimum atomic E-state index is -0.272. The molecule has 1 fully saturated rings. The van der Waals surface area contributed by atoms with Gasteiger partial charge in [-0.05, 0) is 31.0 Å². The number of halogens is 1. The van der Waals surface area contributed by atoms with E-state index in [1.165, 1.54) is 12.1 Å². The molecule has 1 aromatic rings. The molecule has 3 N–H and O–H groups in total. The van der Waals surface area contributed by atoms with Crippen molar-refractivity contribution in [1.29, 1.82) is 0 Å². The Balaban J connectivity index is 1.94. The SMILES string of the molecule is CC(NC(=O)C1CC1N)c1ccc(F)cc1. The molecule has 3 nitrogen and oxygen atoms in total. The molecule has 1 aliphatic rings. The van der Waals surface area contributed by atoms with E-state index in [-0.39, 0.29) is 29.7 Å². The van der Waals surface area contributed by atoms with Gasteiger partial charge in [-0.15, -0.1) is 0 Å². The van der Waals surface area contributed by atoms with Crippen molar-refractivity contribution in [3.8, 4) is 0 Å². The molecule has 86 valence electrons. The fourth-order valence-electron chi connectivity index (χ4n) is 1.67. The van der Waals surface area contributed by atoms with Crippen molar-refractivity contribution in [3.63, 3.8) is 0 Å². The zero-order chi connectivity index (χ0) is 11.7. The van der Waals surface area contributed by atoms with Crippen LogP contribution in [0.2, 0.25) is 0 Å². The van der Waals surface area contributed by atoms with Gasteiger partial charge >= 0.3 is 0 Å². The number of nitrogens with one attached hydrogen (secondary N) is 1. The first-order valence-electron chi connectivity index (χ1n) is 5.39. The molecule has 1 amide bonds.